The van der Waals surface area contributed by atoms with E-state index in [4.69, 9.17) is 11.6 Å². The van der Waals surface area contributed by atoms with Crippen LogP contribution in [0.25, 0.3) is 10.9 Å². The zero-order valence-corrected chi connectivity index (χ0v) is 9.77. The van der Waals surface area contributed by atoms with E-state index in [0.29, 0.717) is 5.02 Å². The highest BCUT2D eigenvalue weighted by Crippen LogP contribution is 2.51. The number of halogens is 1. The number of benzene rings is 1. The van der Waals surface area contributed by atoms with E-state index in [0.717, 1.165) is 29.3 Å². The molecule has 2 nitrogen and oxygen atoms in total. The molecule has 2 aromatic rings. The molecule has 1 aliphatic rings. The number of aromatic nitrogens is 1. The number of rotatable bonds is 2. The Balaban J connectivity index is 2.22. The molecule has 0 bridgehead atoms. The van der Waals surface area contributed by atoms with E-state index in [9.17, 15) is 4.79 Å². The van der Waals surface area contributed by atoms with Crippen molar-refractivity contribution in [3.63, 3.8) is 0 Å². The van der Waals surface area contributed by atoms with E-state index < -0.39 is 0 Å². The fourth-order valence-corrected chi connectivity index (χ4v) is 2.60. The second-order valence-corrected chi connectivity index (χ2v) is 4.97. The molecule has 1 aliphatic carbocycles. The fraction of sp³-hybridized carbons (Fsp3) is 0.308. The smallest absolute Gasteiger partial charge is 0.140 e. The summed E-state index contributed by atoms with van der Waals surface area (Å²) in [6.07, 6.45) is 3.89. The van der Waals surface area contributed by atoms with Gasteiger partial charge in [0.25, 0.3) is 0 Å². The third-order valence-electron chi connectivity index (χ3n) is 3.58. The number of hydrogen-bond donors (Lipinski definition) is 1. The monoisotopic (exact) mass is 233 g/mol. The molecule has 0 radical (unpaired) electrons. The molecule has 0 spiro atoms. The van der Waals surface area contributed by atoms with Crippen LogP contribution in [0.1, 0.15) is 25.3 Å². The van der Waals surface area contributed by atoms with Gasteiger partial charge < -0.3 is 4.98 Å². The van der Waals surface area contributed by atoms with Crippen LogP contribution in [0.2, 0.25) is 5.02 Å². The molecule has 1 fully saturated rings. The Hall–Kier alpha value is -1.28. The van der Waals surface area contributed by atoms with Crippen molar-refractivity contribution in [1.82, 2.24) is 4.98 Å². The molecule has 1 N–H and O–H groups in total. The SMILES string of the molecule is CC(=O)C1(c2c[nH]c3cc(Cl)ccc23)CC1. The molecule has 0 amide bonds. The van der Waals surface area contributed by atoms with Crippen molar-refractivity contribution in [1.29, 1.82) is 0 Å². The van der Waals surface area contributed by atoms with Crippen molar-refractivity contribution < 1.29 is 4.79 Å². The second-order valence-electron chi connectivity index (χ2n) is 4.53. The predicted molar refractivity (Wildman–Crippen MR) is 64.9 cm³/mol. The van der Waals surface area contributed by atoms with Gasteiger partial charge >= 0.3 is 0 Å². The van der Waals surface area contributed by atoms with Crippen LogP contribution in [0.5, 0.6) is 0 Å². The predicted octanol–water partition coefficient (Wildman–Crippen LogP) is 3.44. The van der Waals surface area contributed by atoms with Gasteiger partial charge in [-0.15, -0.1) is 0 Å². The molecule has 0 aliphatic heterocycles. The number of hydrogen-bond acceptors (Lipinski definition) is 1. The van der Waals surface area contributed by atoms with Crippen LogP contribution in [0.15, 0.2) is 24.4 Å². The maximum absolute atomic E-state index is 11.7. The maximum atomic E-state index is 11.7. The van der Waals surface area contributed by atoms with Crippen LogP contribution in [-0.2, 0) is 10.2 Å². The van der Waals surface area contributed by atoms with Gasteiger partial charge in [-0.25, -0.2) is 0 Å². The molecule has 1 aromatic carbocycles. The Morgan fingerprint density at radius 2 is 2.19 bits per heavy atom. The first-order valence-corrected chi connectivity index (χ1v) is 5.79. The van der Waals surface area contributed by atoms with Gasteiger partial charge in [0.2, 0.25) is 0 Å². The summed E-state index contributed by atoms with van der Waals surface area (Å²) in [7, 11) is 0. The van der Waals surface area contributed by atoms with Crippen molar-refractivity contribution in [3.8, 4) is 0 Å². The molecule has 82 valence electrons. The first-order chi connectivity index (χ1) is 7.63. The fourth-order valence-electron chi connectivity index (χ4n) is 2.43. The van der Waals surface area contributed by atoms with Crippen molar-refractivity contribution in [3.05, 3.63) is 35.0 Å². The lowest BCUT2D eigenvalue weighted by atomic mass is 9.92. The largest absolute Gasteiger partial charge is 0.361 e. The summed E-state index contributed by atoms with van der Waals surface area (Å²) >= 11 is 5.93. The van der Waals surface area contributed by atoms with Crippen molar-refractivity contribution in [2.24, 2.45) is 0 Å². The van der Waals surface area contributed by atoms with Gasteiger partial charge in [0.1, 0.15) is 5.78 Å². The third-order valence-corrected chi connectivity index (χ3v) is 3.82. The summed E-state index contributed by atoms with van der Waals surface area (Å²) in [5.74, 6) is 0.267. The van der Waals surface area contributed by atoms with Crippen LogP contribution in [0.4, 0.5) is 0 Å². The van der Waals surface area contributed by atoms with Crippen molar-refractivity contribution >= 4 is 28.3 Å². The van der Waals surface area contributed by atoms with Crippen LogP contribution in [0, 0.1) is 0 Å². The number of carbonyl (C=O) groups is 1. The highest BCUT2D eigenvalue weighted by Gasteiger charge is 2.49. The minimum absolute atomic E-state index is 0.216. The summed E-state index contributed by atoms with van der Waals surface area (Å²) < 4.78 is 0. The minimum atomic E-state index is -0.216. The van der Waals surface area contributed by atoms with E-state index in [1.807, 2.05) is 24.4 Å². The van der Waals surface area contributed by atoms with Gasteiger partial charge in [-0.3, -0.25) is 4.79 Å². The number of nitrogens with one attached hydrogen (secondary N) is 1. The van der Waals surface area contributed by atoms with Crippen LogP contribution >= 0.6 is 11.6 Å². The van der Waals surface area contributed by atoms with E-state index in [1.165, 1.54) is 0 Å². The van der Waals surface area contributed by atoms with Crippen molar-refractivity contribution in [2.45, 2.75) is 25.2 Å². The number of ketones is 1. The Bertz CT molecular complexity index is 581. The standard InChI is InChI=1S/C13H12ClNO/c1-8(16)13(4-5-13)11-7-15-12-6-9(14)2-3-10(11)12/h2-3,6-7,15H,4-5H2,1H3. The molecule has 0 saturated heterocycles. The number of fused-ring (bicyclic) bond motifs is 1. The Morgan fingerprint density at radius 1 is 1.44 bits per heavy atom. The summed E-state index contributed by atoms with van der Waals surface area (Å²) in [6.45, 7) is 1.68. The number of Topliss-reactive ketones (excluding diaryl/α,β-unsaturated/α-hetero) is 1. The van der Waals surface area contributed by atoms with Gasteiger partial charge in [0, 0.05) is 22.1 Å². The molecular weight excluding hydrogens is 222 g/mol. The lowest BCUT2D eigenvalue weighted by molar-refractivity contribution is -0.119. The quantitative estimate of drug-likeness (QED) is 0.847. The van der Waals surface area contributed by atoms with Gasteiger partial charge in [0.15, 0.2) is 0 Å². The Morgan fingerprint density at radius 3 is 2.81 bits per heavy atom. The van der Waals surface area contributed by atoms with Crippen LogP contribution in [-0.4, -0.2) is 10.8 Å². The third kappa shape index (κ3) is 1.23. The molecule has 16 heavy (non-hydrogen) atoms. The van der Waals surface area contributed by atoms with Crippen LogP contribution < -0.4 is 0 Å². The van der Waals surface area contributed by atoms with Gasteiger partial charge in [-0.05, 0) is 37.5 Å². The molecule has 1 aromatic heterocycles. The highest BCUT2D eigenvalue weighted by atomic mass is 35.5. The maximum Gasteiger partial charge on any atom is 0.140 e. The normalized spacial score (nSPS) is 17.6. The lowest BCUT2D eigenvalue weighted by Gasteiger charge is -2.09. The number of H-pyrrole nitrogens is 1. The molecule has 3 heteroatoms. The van der Waals surface area contributed by atoms with Crippen LogP contribution in [0.3, 0.4) is 0 Å². The zero-order valence-electron chi connectivity index (χ0n) is 9.01. The Labute approximate surface area is 98.6 Å². The first-order valence-electron chi connectivity index (χ1n) is 5.42. The molecule has 1 heterocycles. The molecule has 0 atom stereocenters. The summed E-state index contributed by atoms with van der Waals surface area (Å²) in [6, 6.07) is 5.76. The molecular formula is C13H12ClNO. The summed E-state index contributed by atoms with van der Waals surface area (Å²) in [5.41, 5.74) is 1.92. The lowest BCUT2D eigenvalue weighted by Crippen LogP contribution is -2.16. The molecule has 0 unspecified atom stereocenters. The minimum Gasteiger partial charge on any atom is -0.361 e. The zero-order chi connectivity index (χ0) is 11.3. The van der Waals surface area contributed by atoms with Gasteiger partial charge in [-0.1, -0.05) is 17.7 Å². The van der Waals surface area contributed by atoms with Gasteiger partial charge in [-0.2, -0.15) is 0 Å². The second kappa shape index (κ2) is 3.11. The average molecular weight is 234 g/mol. The first kappa shape index (κ1) is 9.91. The number of carbonyl (C=O) groups excluding carboxylic acids is 1. The topological polar surface area (TPSA) is 32.9 Å². The average Bonchev–Trinajstić information content (AvgIpc) is 2.94. The highest BCUT2D eigenvalue weighted by molar-refractivity contribution is 6.31. The van der Waals surface area contributed by atoms with Crippen molar-refractivity contribution in [2.75, 3.05) is 0 Å². The molecule has 1 saturated carbocycles. The molecule has 3 rings (SSSR count). The Kier molecular flexibility index (Phi) is 1.93. The van der Waals surface area contributed by atoms with E-state index in [-0.39, 0.29) is 11.2 Å². The van der Waals surface area contributed by atoms with Gasteiger partial charge in [0.05, 0.1) is 5.41 Å². The van der Waals surface area contributed by atoms with E-state index in [1.54, 1.807) is 6.92 Å². The summed E-state index contributed by atoms with van der Waals surface area (Å²) in [4.78, 5) is 14.9. The van der Waals surface area contributed by atoms with E-state index >= 15 is 0 Å². The number of aromatic amines is 1. The van der Waals surface area contributed by atoms with E-state index in [2.05, 4.69) is 4.98 Å². The summed E-state index contributed by atoms with van der Waals surface area (Å²) in [5, 5.41) is 1.84.